The molecule has 1 fully saturated rings. The van der Waals surface area contributed by atoms with E-state index in [2.05, 4.69) is 15.3 Å². The maximum Gasteiger partial charge on any atom is 0.223 e. The molecule has 4 atom stereocenters. The van der Waals surface area contributed by atoms with E-state index in [0.29, 0.717) is 12.1 Å². The predicted octanol–water partition coefficient (Wildman–Crippen LogP) is 2.07. The van der Waals surface area contributed by atoms with Crippen LogP contribution in [0.1, 0.15) is 34.1 Å². The number of aliphatic hydroxyl groups excluding tert-OH is 1. The Bertz CT molecular complexity index is 1320. The van der Waals surface area contributed by atoms with E-state index in [1.807, 2.05) is 18.7 Å². The van der Waals surface area contributed by atoms with Gasteiger partial charge in [0.1, 0.15) is 18.1 Å². The van der Waals surface area contributed by atoms with Crippen LogP contribution in [0.3, 0.4) is 0 Å². The third kappa shape index (κ3) is 5.48. The quantitative estimate of drug-likeness (QED) is 0.378. The summed E-state index contributed by atoms with van der Waals surface area (Å²) in [5.41, 5.74) is 5.71. The first kappa shape index (κ1) is 28.6. The molecular formula is C24H34ClFN6O5S. The minimum atomic E-state index is -3.43. The summed E-state index contributed by atoms with van der Waals surface area (Å²) in [5, 5.41) is 24.4. The van der Waals surface area contributed by atoms with Gasteiger partial charge in [0.2, 0.25) is 16.0 Å². The first-order chi connectivity index (χ1) is 17.6. The molecule has 14 heteroatoms. The van der Waals surface area contributed by atoms with Gasteiger partial charge < -0.3 is 30.9 Å². The molecule has 1 saturated heterocycles. The van der Waals surface area contributed by atoms with Crippen molar-refractivity contribution in [1.29, 1.82) is 0 Å². The zero-order valence-corrected chi connectivity index (χ0v) is 23.5. The Labute approximate surface area is 226 Å². The zero-order chi connectivity index (χ0) is 28.2. The number of aliphatic hydroxyl groups is 2. The number of fused-ring (bicyclic) bond motifs is 1. The number of aromatic nitrogens is 2. The molecule has 4 rings (SSSR count). The van der Waals surface area contributed by atoms with E-state index >= 15 is 4.39 Å². The highest BCUT2D eigenvalue weighted by Gasteiger charge is 2.39. The number of benzene rings is 1. The third-order valence-electron chi connectivity index (χ3n) is 7.21. The van der Waals surface area contributed by atoms with Gasteiger partial charge in [-0.2, -0.15) is 4.31 Å². The normalized spacial score (nSPS) is 23.5. The average Bonchev–Trinajstić information content (AvgIpc) is 2.82. The summed E-state index contributed by atoms with van der Waals surface area (Å²) in [4.78, 5) is 10.6. The summed E-state index contributed by atoms with van der Waals surface area (Å²) in [5.74, 6) is -0.290. The molecule has 0 saturated carbocycles. The number of sulfonamides is 1. The second-order valence-electron chi connectivity index (χ2n) is 10.5. The predicted molar refractivity (Wildman–Crippen MR) is 144 cm³/mol. The van der Waals surface area contributed by atoms with Gasteiger partial charge in [-0.15, -0.1) is 0 Å². The molecule has 210 valence electrons. The molecule has 2 aliphatic rings. The topological polar surface area (TPSA) is 154 Å². The smallest absolute Gasteiger partial charge is 0.223 e. The Kier molecular flexibility index (Phi) is 7.71. The minimum Gasteiger partial charge on any atom is -0.488 e. The van der Waals surface area contributed by atoms with Crippen LogP contribution in [0.4, 0.5) is 21.7 Å². The van der Waals surface area contributed by atoms with Crippen molar-refractivity contribution in [3.63, 3.8) is 0 Å². The van der Waals surface area contributed by atoms with Crippen LogP contribution in [0.25, 0.3) is 11.3 Å². The highest BCUT2D eigenvalue weighted by Crippen LogP contribution is 2.49. The number of nitrogen functional groups attached to an aromatic ring is 1. The van der Waals surface area contributed by atoms with Crippen LogP contribution < -0.4 is 20.7 Å². The summed E-state index contributed by atoms with van der Waals surface area (Å²) in [6, 6.07) is 0.0428. The SMILES string of the molecule is CC(N1c2c(N)c(F)cc(-c3nc(N[C@@H]4CCN(S(C)(=O)=O)C[C@H]4O)ncc3Cl)c2OC[C@@H]1C)C(C)(C)O. The fourth-order valence-corrected chi connectivity index (χ4v) is 5.85. The molecular weight excluding hydrogens is 539 g/mol. The van der Waals surface area contributed by atoms with Crippen LogP contribution in [-0.2, 0) is 10.0 Å². The van der Waals surface area contributed by atoms with Crippen LogP contribution in [-0.4, -0.2) is 88.7 Å². The number of nitrogens with one attached hydrogen (secondary N) is 1. The maximum atomic E-state index is 15.2. The van der Waals surface area contributed by atoms with Crippen molar-refractivity contribution in [1.82, 2.24) is 14.3 Å². The van der Waals surface area contributed by atoms with Crippen LogP contribution >= 0.6 is 11.6 Å². The maximum absolute atomic E-state index is 15.2. The first-order valence-corrected chi connectivity index (χ1v) is 14.5. The summed E-state index contributed by atoms with van der Waals surface area (Å²) >= 11 is 6.47. The number of nitrogens with zero attached hydrogens (tertiary/aromatic N) is 4. The minimum absolute atomic E-state index is 0.0606. The Morgan fingerprint density at radius 2 is 2.08 bits per heavy atom. The number of piperidine rings is 1. The molecule has 3 heterocycles. The molecule has 1 aromatic carbocycles. The van der Waals surface area contributed by atoms with Crippen molar-refractivity contribution in [2.75, 3.05) is 41.9 Å². The molecule has 38 heavy (non-hydrogen) atoms. The van der Waals surface area contributed by atoms with Gasteiger partial charge in [0.05, 0.1) is 58.7 Å². The number of nitrogens with two attached hydrogens (primary N) is 1. The number of hydrogen-bond donors (Lipinski definition) is 4. The summed E-state index contributed by atoms with van der Waals surface area (Å²) in [6.45, 7) is 7.49. The molecule has 2 aliphatic heterocycles. The zero-order valence-electron chi connectivity index (χ0n) is 21.9. The summed E-state index contributed by atoms with van der Waals surface area (Å²) < 4.78 is 46.2. The molecule has 5 N–H and O–H groups in total. The largest absolute Gasteiger partial charge is 0.488 e. The molecule has 1 aromatic heterocycles. The fourth-order valence-electron chi connectivity index (χ4n) is 4.80. The molecule has 0 amide bonds. The lowest BCUT2D eigenvalue weighted by molar-refractivity contribution is 0.0489. The molecule has 1 unspecified atom stereocenters. The highest BCUT2D eigenvalue weighted by atomic mass is 35.5. The summed E-state index contributed by atoms with van der Waals surface area (Å²) in [7, 11) is -3.43. The summed E-state index contributed by atoms with van der Waals surface area (Å²) in [6.07, 6.45) is 1.78. The second kappa shape index (κ2) is 10.3. The Morgan fingerprint density at radius 3 is 2.68 bits per heavy atom. The Morgan fingerprint density at radius 1 is 1.39 bits per heavy atom. The lowest BCUT2D eigenvalue weighted by atomic mass is 9.94. The van der Waals surface area contributed by atoms with E-state index in [1.54, 1.807) is 13.8 Å². The van der Waals surface area contributed by atoms with Crippen LogP contribution in [0.5, 0.6) is 5.75 Å². The van der Waals surface area contributed by atoms with Crippen molar-refractivity contribution in [3.05, 3.63) is 23.1 Å². The average molecular weight is 573 g/mol. The highest BCUT2D eigenvalue weighted by molar-refractivity contribution is 7.88. The Hall–Kier alpha value is -2.45. The van der Waals surface area contributed by atoms with Gasteiger partial charge in [-0.3, -0.25) is 0 Å². The van der Waals surface area contributed by atoms with Gasteiger partial charge in [-0.25, -0.2) is 22.8 Å². The lowest BCUT2D eigenvalue weighted by Gasteiger charge is -2.46. The van der Waals surface area contributed by atoms with Crippen molar-refractivity contribution in [2.45, 2.75) is 63.9 Å². The van der Waals surface area contributed by atoms with Gasteiger partial charge >= 0.3 is 0 Å². The molecule has 0 bridgehead atoms. The number of ether oxygens (including phenoxy) is 1. The van der Waals surface area contributed by atoms with Gasteiger partial charge in [0.15, 0.2) is 5.75 Å². The van der Waals surface area contributed by atoms with Gasteiger partial charge in [-0.1, -0.05) is 11.6 Å². The van der Waals surface area contributed by atoms with Crippen molar-refractivity contribution in [2.24, 2.45) is 0 Å². The fraction of sp³-hybridized carbons (Fsp3) is 0.583. The number of anilines is 3. The molecule has 11 nitrogen and oxygen atoms in total. The van der Waals surface area contributed by atoms with E-state index in [4.69, 9.17) is 22.1 Å². The van der Waals surface area contributed by atoms with Crippen LogP contribution in [0.2, 0.25) is 5.02 Å². The third-order valence-corrected chi connectivity index (χ3v) is 8.76. The second-order valence-corrected chi connectivity index (χ2v) is 12.9. The number of β-amino-alcohol motifs (C(OH)–C–C–N with tert-alkyl or cyclic N) is 1. The number of hydrogen-bond acceptors (Lipinski definition) is 10. The van der Waals surface area contributed by atoms with Crippen LogP contribution in [0.15, 0.2) is 12.3 Å². The standard InChI is InChI=1S/C24H34ClFN6O5S/c1-12-11-37-22-14(8-16(26)19(27)21(22)32(12)13(2)24(3,4)34)20-15(25)9-28-23(30-20)29-17-6-7-31(10-18(17)33)38(5,35)36/h8-9,12-13,17-18,33-34H,6-7,10-11,27H2,1-5H3,(H,28,29,30)/t12-,13?,17+,18+/m0/s1. The van der Waals surface area contributed by atoms with Gasteiger partial charge in [0, 0.05) is 18.7 Å². The Balaban J connectivity index is 1.72. The van der Waals surface area contributed by atoms with Crippen molar-refractivity contribution in [3.8, 4) is 17.0 Å². The lowest BCUT2D eigenvalue weighted by Crippen LogP contribution is -2.55. The van der Waals surface area contributed by atoms with E-state index in [0.717, 1.165) is 6.26 Å². The van der Waals surface area contributed by atoms with E-state index < -0.39 is 39.6 Å². The molecule has 0 radical (unpaired) electrons. The monoisotopic (exact) mass is 572 g/mol. The first-order valence-electron chi connectivity index (χ1n) is 12.3. The van der Waals surface area contributed by atoms with Crippen molar-refractivity contribution < 1.29 is 27.8 Å². The van der Waals surface area contributed by atoms with E-state index in [9.17, 15) is 18.6 Å². The van der Waals surface area contributed by atoms with Gasteiger partial charge in [0.25, 0.3) is 0 Å². The van der Waals surface area contributed by atoms with E-state index in [-0.39, 0.29) is 59.4 Å². The number of halogens is 2. The van der Waals surface area contributed by atoms with Crippen LogP contribution in [0, 0.1) is 5.82 Å². The molecule has 0 aliphatic carbocycles. The van der Waals surface area contributed by atoms with Crippen molar-refractivity contribution >= 4 is 38.9 Å². The molecule has 0 spiro atoms. The molecule has 2 aromatic rings. The van der Waals surface area contributed by atoms with E-state index in [1.165, 1.54) is 16.6 Å². The number of rotatable bonds is 6. The van der Waals surface area contributed by atoms with Gasteiger partial charge in [-0.05, 0) is 40.2 Å².